The fraction of sp³-hybridized carbons (Fsp3) is 0.727. The van der Waals surface area contributed by atoms with Gasteiger partial charge in [0.1, 0.15) is 6.10 Å². The van der Waals surface area contributed by atoms with E-state index in [-0.39, 0.29) is 12.2 Å². The summed E-state index contributed by atoms with van der Waals surface area (Å²) >= 11 is 0. The van der Waals surface area contributed by atoms with E-state index in [1.165, 1.54) is 43.3 Å². The van der Waals surface area contributed by atoms with Crippen LogP contribution in [0.1, 0.15) is 98.8 Å². The van der Waals surface area contributed by atoms with Crippen molar-refractivity contribution in [3.63, 3.8) is 0 Å². The highest BCUT2D eigenvalue weighted by Crippen LogP contribution is 2.59. The van der Waals surface area contributed by atoms with Gasteiger partial charge in [0, 0.05) is 13.0 Å². The Balaban J connectivity index is 1.64. The molecule has 0 aromatic heterocycles. The molecule has 0 heterocycles. The molecule has 3 aliphatic carbocycles. The lowest BCUT2D eigenvalue weighted by atomic mass is 9.61. The van der Waals surface area contributed by atoms with Gasteiger partial charge in [-0.15, -0.1) is 0 Å². The number of nitrogens with one attached hydrogen (secondary N) is 1. The van der Waals surface area contributed by atoms with Crippen LogP contribution in [0, 0.1) is 35.0 Å². The SMILES string of the molecule is C=C1CC[C@H](OC(=O)NCCCCN)C/C1=C/C=C1\CCC[C@]2(C)[C@@H]([C@H](C)/C=C/[C@H](C)C(C)C)CC[C@@H]12. The number of carbonyl (C=O) groups is 1. The van der Waals surface area contributed by atoms with Crippen molar-refractivity contribution in [2.75, 3.05) is 13.1 Å². The lowest BCUT2D eigenvalue weighted by molar-refractivity contribution is 0.0893. The van der Waals surface area contributed by atoms with Gasteiger partial charge in [0.25, 0.3) is 0 Å². The summed E-state index contributed by atoms with van der Waals surface area (Å²) in [6.07, 6.45) is 20.1. The molecule has 0 aliphatic heterocycles. The summed E-state index contributed by atoms with van der Waals surface area (Å²) in [7, 11) is 0. The number of fused-ring (bicyclic) bond motifs is 1. The Labute approximate surface area is 227 Å². The zero-order valence-electron chi connectivity index (χ0n) is 24.4. The second kappa shape index (κ2) is 13.8. The van der Waals surface area contributed by atoms with Gasteiger partial charge >= 0.3 is 6.09 Å². The van der Waals surface area contributed by atoms with Gasteiger partial charge in [0.15, 0.2) is 0 Å². The van der Waals surface area contributed by atoms with E-state index in [0.29, 0.717) is 42.2 Å². The van der Waals surface area contributed by atoms with Gasteiger partial charge in [-0.1, -0.05) is 76.6 Å². The van der Waals surface area contributed by atoms with Crippen LogP contribution in [0.4, 0.5) is 4.79 Å². The molecule has 0 bridgehead atoms. The van der Waals surface area contributed by atoms with Gasteiger partial charge in [0.2, 0.25) is 0 Å². The zero-order valence-corrected chi connectivity index (χ0v) is 24.4. The number of ether oxygens (including phenoxy) is 1. The number of hydrogen-bond donors (Lipinski definition) is 2. The van der Waals surface area contributed by atoms with Gasteiger partial charge in [-0.3, -0.25) is 0 Å². The minimum Gasteiger partial charge on any atom is -0.446 e. The Morgan fingerprint density at radius 2 is 1.92 bits per heavy atom. The average Bonchev–Trinajstić information content (AvgIpc) is 3.22. The van der Waals surface area contributed by atoms with Crippen LogP contribution in [0.2, 0.25) is 0 Å². The number of hydrogen-bond acceptors (Lipinski definition) is 3. The molecule has 4 heteroatoms. The van der Waals surface area contributed by atoms with Gasteiger partial charge in [-0.05, 0) is 105 Å². The Morgan fingerprint density at radius 1 is 1.14 bits per heavy atom. The van der Waals surface area contributed by atoms with Crippen LogP contribution in [0.5, 0.6) is 0 Å². The third-order valence-electron chi connectivity index (χ3n) is 9.78. The molecule has 0 saturated heterocycles. The first-order valence-electron chi connectivity index (χ1n) is 15.1. The highest BCUT2D eigenvalue weighted by molar-refractivity contribution is 5.67. The largest absolute Gasteiger partial charge is 0.446 e. The smallest absolute Gasteiger partial charge is 0.407 e. The number of alkyl carbamates (subject to hydrolysis) is 1. The molecule has 3 aliphatic rings. The van der Waals surface area contributed by atoms with Gasteiger partial charge in [0.05, 0.1) is 0 Å². The summed E-state index contributed by atoms with van der Waals surface area (Å²) in [5.41, 5.74) is 9.99. The van der Waals surface area contributed by atoms with Crippen molar-refractivity contribution in [2.45, 2.75) is 105 Å². The zero-order chi connectivity index (χ0) is 27.0. The molecule has 6 atom stereocenters. The molecular formula is C33H54N2O2. The molecule has 0 aromatic carbocycles. The van der Waals surface area contributed by atoms with Crippen LogP contribution in [-0.4, -0.2) is 25.3 Å². The molecule has 4 nitrogen and oxygen atoms in total. The van der Waals surface area contributed by atoms with Crippen LogP contribution in [0.25, 0.3) is 0 Å². The number of unbranched alkanes of at least 4 members (excludes halogenated alkanes) is 1. The maximum Gasteiger partial charge on any atom is 0.407 e. The van der Waals surface area contributed by atoms with Crippen molar-refractivity contribution in [1.82, 2.24) is 5.32 Å². The van der Waals surface area contributed by atoms with Crippen LogP contribution in [-0.2, 0) is 4.74 Å². The van der Waals surface area contributed by atoms with Crippen molar-refractivity contribution < 1.29 is 9.53 Å². The first kappa shape index (κ1) is 29.7. The van der Waals surface area contributed by atoms with E-state index in [1.807, 2.05) is 0 Å². The average molecular weight is 511 g/mol. The van der Waals surface area contributed by atoms with E-state index >= 15 is 0 Å². The van der Waals surface area contributed by atoms with Crippen LogP contribution >= 0.6 is 0 Å². The van der Waals surface area contributed by atoms with Crippen molar-refractivity contribution in [3.05, 3.63) is 47.6 Å². The highest BCUT2D eigenvalue weighted by Gasteiger charge is 2.50. The number of carbonyl (C=O) groups excluding carboxylic acids is 1. The van der Waals surface area contributed by atoms with Gasteiger partial charge in [-0.25, -0.2) is 4.79 Å². The van der Waals surface area contributed by atoms with Crippen molar-refractivity contribution in [2.24, 2.45) is 40.7 Å². The van der Waals surface area contributed by atoms with Crippen molar-refractivity contribution >= 4 is 6.09 Å². The number of rotatable bonds is 10. The Kier molecular flexibility index (Phi) is 11.1. The number of allylic oxidation sites excluding steroid dienone is 6. The van der Waals surface area contributed by atoms with E-state index in [9.17, 15) is 4.79 Å². The molecule has 208 valence electrons. The molecule has 37 heavy (non-hydrogen) atoms. The maximum atomic E-state index is 12.2. The second-order valence-electron chi connectivity index (χ2n) is 12.7. The third-order valence-corrected chi connectivity index (χ3v) is 9.78. The third kappa shape index (κ3) is 7.85. The maximum absolute atomic E-state index is 12.2. The highest BCUT2D eigenvalue weighted by atomic mass is 16.6. The summed E-state index contributed by atoms with van der Waals surface area (Å²) in [4.78, 5) is 12.2. The predicted octanol–water partition coefficient (Wildman–Crippen LogP) is 8.11. The summed E-state index contributed by atoms with van der Waals surface area (Å²) in [5, 5.41) is 2.86. The normalized spacial score (nSPS) is 32.2. The summed E-state index contributed by atoms with van der Waals surface area (Å²) in [6, 6.07) is 0. The molecule has 0 spiro atoms. The summed E-state index contributed by atoms with van der Waals surface area (Å²) in [6.45, 7) is 17.6. The van der Waals surface area contributed by atoms with Crippen LogP contribution in [0.15, 0.2) is 47.6 Å². The lowest BCUT2D eigenvalue weighted by Gasteiger charge is -2.44. The number of amides is 1. The summed E-state index contributed by atoms with van der Waals surface area (Å²) < 4.78 is 5.73. The Morgan fingerprint density at radius 3 is 2.65 bits per heavy atom. The molecule has 0 aromatic rings. The molecule has 0 radical (unpaired) electrons. The van der Waals surface area contributed by atoms with Crippen LogP contribution in [0.3, 0.4) is 0 Å². The monoisotopic (exact) mass is 510 g/mol. The standard InChI is InChI=1S/C33H54N2O2/c1-23(2)24(3)11-12-26(5)30-17-18-31-27(10-9-19-33(30,31)6)14-15-28-22-29(16-13-25(28)4)37-32(36)35-21-8-7-20-34/h11-12,14-15,23-24,26,29-31H,4,7-10,13,16-22,34H2,1-3,5-6H3,(H,35,36)/b12-11+,27-14+,28-15-/t24-,26+,29-,30+,31-,33+/m0/s1. The number of nitrogens with two attached hydrogens (primary N) is 1. The fourth-order valence-corrected chi connectivity index (χ4v) is 6.98. The van der Waals surface area contributed by atoms with E-state index in [4.69, 9.17) is 10.5 Å². The van der Waals surface area contributed by atoms with E-state index < -0.39 is 0 Å². The van der Waals surface area contributed by atoms with Gasteiger partial charge in [-0.2, -0.15) is 0 Å². The summed E-state index contributed by atoms with van der Waals surface area (Å²) in [5.74, 6) is 3.41. The van der Waals surface area contributed by atoms with E-state index in [2.05, 4.69) is 70.8 Å². The molecule has 3 fully saturated rings. The molecule has 0 unspecified atom stereocenters. The van der Waals surface area contributed by atoms with Gasteiger partial charge < -0.3 is 15.8 Å². The molecule has 3 saturated carbocycles. The molecular weight excluding hydrogens is 456 g/mol. The molecule has 3 rings (SSSR count). The molecule has 3 N–H and O–H groups in total. The molecule has 1 amide bonds. The lowest BCUT2D eigenvalue weighted by Crippen LogP contribution is -2.35. The van der Waals surface area contributed by atoms with E-state index in [0.717, 1.165) is 38.0 Å². The Bertz CT molecular complexity index is 870. The van der Waals surface area contributed by atoms with Crippen molar-refractivity contribution in [1.29, 1.82) is 0 Å². The topological polar surface area (TPSA) is 64.3 Å². The minimum atomic E-state index is -0.307. The quantitative estimate of drug-likeness (QED) is 0.230. The predicted molar refractivity (Wildman–Crippen MR) is 156 cm³/mol. The minimum absolute atomic E-state index is 0.0713. The Hall–Kier alpha value is -1.81. The fourth-order valence-electron chi connectivity index (χ4n) is 6.98. The van der Waals surface area contributed by atoms with E-state index in [1.54, 1.807) is 5.57 Å². The van der Waals surface area contributed by atoms with Crippen molar-refractivity contribution in [3.8, 4) is 0 Å². The second-order valence-corrected chi connectivity index (χ2v) is 12.7. The first-order chi connectivity index (χ1) is 17.7. The first-order valence-corrected chi connectivity index (χ1v) is 15.1. The van der Waals surface area contributed by atoms with Crippen LogP contribution < -0.4 is 11.1 Å².